The molecule has 0 bridgehead atoms. The summed E-state index contributed by atoms with van der Waals surface area (Å²) in [5, 5.41) is 5.81. The highest BCUT2D eigenvalue weighted by atomic mass is 32.1. The number of fused-ring (bicyclic) bond motifs is 1. The highest BCUT2D eigenvalue weighted by Crippen LogP contribution is 2.30. The molecule has 2 aromatic heterocycles. The van der Waals surface area contributed by atoms with Gasteiger partial charge in [-0.25, -0.2) is 4.79 Å². The number of benzene rings is 2. The first-order valence-electron chi connectivity index (χ1n) is 9.69. The normalized spacial score (nSPS) is 10.7. The van der Waals surface area contributed by atoms with Crippen molar-refractivity contribution in [3.05, 3.63) is 93.0 Å². The molecular formula is C24H20N2O4S. The summed E-state index contributed by atoms with van der Waals surface area (Å²) >= 11 is 1.53. The van der Waals surface area contributed by atoms with Crippen molar-refractivity contribution in [1.82, 2.24) is 9.88 Å². The van der Waals surface area contributed by atoms with E-state index in [0.717, 1.165) is 10.4 Å². The smallest absolute Gasteiger partial charge is 0.356 e. The maximum Gasteiger partial charge on any atom is 0.356 e. The van der Waals surface area contributed by atoms with Gasteiger partial charge in [0, 0.05) is 22.9 Å². The van der Waals surface area contributed by atoms with Crippen LogP contribution in [0.25, 0.3) is 21.9 Å². The Hall–Kier alpha value is -3.71. The van der Waals surface area contributed by atoms with Crippen LogP contribution >= 0.6 is 11.3 Å². The number of pyridine rings is 1. The summed E-state index contributed by atoms with van der Waals surface area (Å²) in [6.07, 6.45) is 0. The molecule has 31 heavy (non-hydrogen) atoms. The predicted molar refractivity (Wildman–Crippen MR) is 121 cm³/mol. The van der Waals surface area contributed by atoms with Gasteiger partial charge in [0.1, 0.15) is 5.69 Å². The third-order valence-electron chi connectivity index (χ3n) is 4.93. The second-order valence-corrected chi connectivity index (χ2v) is 7.96. The first kappa shape index (κ1) is 20.6. The monoisotopic (exact) mass is 432 g/mol. The van der Waals surface area contributed by atoms with Gasteiger partial charge in [0.05, 0.1) is 6.54 Å². The largest absolute Gasteiger partial charge is 0.451 e. The lowest BCUT2D eigenvalue weighted by molar-refractivity contribution is -0.124. The Morgan fingerprint density at radius 2 is 1.68 bits per heavy atom. The van der Waals surface area contributed by atoms with Crippen LogP contribution in [0.3, 0.4) is 0 Å². The highest BCUT2D eigenvalue weighted by molar-refractivity contribution is 7.09. The number of carbonyl (C=O) groups excluding carboxylic acids is 2. The van der Waals surface area contributed by atoms with Crippen LogP contribution < -0.4 is 10.9 Å². The molecule has 1 N–H and O–H groups in total. The molecule has 156 valence electrons. The molecule has 2 aromatic carbocycles. The molecule has 0 saturated heterocycles. The first-order chi connectivity index (χ1) is 15.1. The molecule has 7 heteroatoms. The summed E-state index contributed by atoms with van der Waals surface area (Å²) in [6, 6.07) is 20.3. The minimum Gasteiger partial charge on any atom is -0.451 e. The second-order valence-electron chi connectivity index (χ2n) is 6.93. The Morgan fingerprint density at radius 1 is 0.968 bits per heavy atom. The van der Waals surface area contributed by atoms with Crippen LogP contribution in [0.15, 0.2) is 76.9 Å². The molecule has 0 saturated carbocycles. The van der Waals surface area contributed by atoms with Crippen molar-refractivity contribution in [2.24, 2.45) is 7.05 Å². The van der Waals surface area contributed by atoms with Gasteiger partial charge in [-0.1, -0.05) is 54.6 Å². The fourth-order valence-corrected chi connectivity index (χ4v) is 4.10. The van der Waals surface area contributed by atoms with E-state index in [1.165, 1.54) is 23.0 Å². The van der Waals surface area contributed by atoms with E-state index in [-0.39, 0.29) is 11.3 Å². The van der Waals surface area contributed by atoms with Crippen molar-refractivity contribution in [3.63, 3.8) is 0 Å². The van der Waals surface area contributed by atoms with Crippen molar-refractivity contribution >= 4 is 34.0 Å². The average Bonchev–Trinajstić information content (AvgIpc) is 3.32. The average molecular weight is 433 g/mol. The zero-order valence-electron chi connectivity index (χ0n) is 16.8. The van der Waals surface area contributed by atoms with Gasteiger partial charge in [-0.15, -0.1) is 11.3 Å². The Bertz CT molecular complexity index is 1290. The van der Waals surface area contributed by atoms with Gasteiger partial charge >= 0.3 is 5.97 Å². The summed E-state index contributed by atoms with van der Waals surface area (Å²) in [7, 11) is 1.54. The number of thiophene rings is 1. The summed E-state index contributed by atoms with van der Waals surface area (Å²) in [5.41, 5.74) is 1.19. The standard InChI is InChI=1S/C24H20N2O4S/c1-26-22(24(29)30-15-20(27)25-14-17-10-7-13-31-17)21(16-8-3-2-4-9-16)18-11-5-6-12-19(18)23(26)28/h2-13H,14-15H2,1H3,(H,25,27). The number of hydrogen-bond donors (Lipinski definition) is 1. The maximum absolute atomic E-state index is 13.0. The van der Waals surface area contributed by atoms with Crippen LogP contribution in [-0.2, 0) is 23.1 Å². The van der Waals surface area contributed by atoms with Crippen molar-refractivity contribution in [3.8, 4) is 11.1 Å². The molecule has 0 radical (unpaired) electrons. The van der Waals surface area contributed by atoms with E-state index in [0.29, 0.717) is 22.9 Å². The summed E-state index contributed by atoms with van der Waals surface area (Å²) < 4.78 is 6.59. The van der Waals surface area contributed by atoms with Gasteiger partial charge < -0.3 is 14.6 Å². The molecular weight excluding hydrogens is 412 g/mol. The number of nitrogens with one attached hydrogen (secondary N) is 1. The SMILES string of the molecule is Cn1c(C(=O)OCC(=O)NCc2cccs2)c(-c2ccccc2)c2ccccc2c1=O. The lowest BCUT2D eigenvalue weighted by atomic mass is 9.97. The summed E-state index contributed by atoms with van der Waals surface area (Å²) in [5.74, 6) is -1.13. The van der Waals surface area contributed by atoms with Gasteiger partial charge in [-0.05, 0) is 28.5 Å². The first-order valence-corrected chi connectivity index (χ1v) is 10.6. The molecule has 1 amide bonds. The maximum atomic E-state index is 13.0. The molecule has 2 heterocycles. The minimum absolute atomic E-state index is 0.112. The molecule has 4 aromatic rings. The lowest BCUT2D eigenvalue weighted by Crippen LogP contribution is -2.30. The van der Waals surface area contributed by atoms with Crippen LogP contribution in [0, 0.1) is 0 Å². The number of aromatic nitrogens is 1. The van der Waals surface area contributed by atoms with E-state index < -0.39 is 18.5 Å². The van der Waals surface area contributed by atoms with E-state index in [1.807, 2.05) is 60.0 Å². The van der Waals surface area contributed by atoms with Gasteiger partial charge in [0.25, 0.3) is 11.5 Å². The zero-order chi connectivity index (χ0) is 21.8. The van der Waals surface area contributed by atoms with Gasteiger partial charge in [0.15, 0.2) is 6.61 Å². The molecule has 0 unspecified atom stereocenters. The van der Waals surface area contributed by atoms with Crippen molar-refractivity contribution in [1.29, 1.82) is 0 Å². The molecule has 0 atom stereocenters. The van der Waals surface area contributed by atoms with Crippen molar-refractivity contribution in [2.75, 3.05) is 6.61 Å². The number of hydrogen-bond acceptors (Lipinski definition) is 5. The molecule has 0 aliphatic rings. The van der Waals surface area contributed by atoms with E-state index in [2.05, 4.69) is 5.32 Å². The quantitative estimate of drug-likeness (QED) is 0.471. The second kappa shape index (κ2) is 8.97. The Balaban J connectivity index is 1.66. The molecule has 0 aliphatic heterocycles. The van der Waals surface area contributed by atoms with Gasteiger partial charge in [-0.2, -0.15) is 0 Å². The molecule has 0 fully saturated rings. The van der Waals surface area contributed by atoms with Crippen LogP contribution in [0.1, 0.15) is 15.4 Å². The van der Waals surface area contributed by atoms with Crippen LogP contribution in [0.4, 0.5) is 0 Å². The molecule has 4 rings (SSSR count). The van der Waals surface area contributed by atoms with Crippen molar-refractivity contribution in [2.45, 2.75) is 6.54 Å². The fourth-order valence-electron chi connectivity index (χ4n) is 3.45. The van der Waals surface area contributed by atoms with E-state index >= 15 is 0 Å². The zero-order valence-corrected chi connectivity index (χ0v) is 17.6. The summed E-state index contributed by atoms with van der Waals surface area (Å²) in [4.78, 5) is 39.1. The van der Waals surface area contributed by atoms with Crippen LogP contribution in [-0.4, -0.2) is 23.1 Å². The third-order valence-corrected chi connectivity index (χ3v) is 5.81. The Kier molecular flexibility index (Phi) is 5.95. The lowest BCUT2D eigenvalue weighted by Gasteiger charge is -2.16. The van der Waals surface area contributed by atoms with Crippen molar-refractivity contribution < 1.29 is 14.3 Å². The highest BCUT2D eigenvalue weighted by Gasteiger charge is 2.23. The Morgan fingerprint density at radius 3 is 2.39 bits per heavy atom. The fraction of sp³-hybridized carbons (Fsp3) is 0.125. The number of ether oxygens (including phenoxy) is 1. The predicted octanol–water partition coefficient (Wildman–Crippen LogP) is 3.74. The molecule has 0 aliphatic carbocycles. The van der Waals surface area contributed by atoms with Gasteiger partial charge in [-0.3, -0.25) is 9.59 Å². The number of esters is 1. The number of nitrogens with zero attached hydrogens (tertiary/aromatic N) is 1. The number of rotatable bonds is 6. The topological polar surface area (TPSA) is 77.4 Å². The molecule has 6 nitrogen and oxygen atoms in total. The van der Waals surface area contributed by atoms with E-state index in [9.17, 15) is 14.4 Å². The number of carbonyl (C=O) groups is 2. The van der Waals surface area contributed by atoms with Crippen LogP contribution in [0.2, 0.25) is 0 Å². The summed E-state index contributed by atoms with van der Waals surface area (Å²) in [6.45, 7) is -0.0583. The number of amides is 1. The molecule has 0 spiro atoms. The van der Waals surface area contributed by atoms with Crippen LogP contribution in [0.5, 0.6) is 0 Å². The third kappa shape index (κ3) is 4.27. The van der Waals surface area contributed by atoms with Gasteiger partial charge in [0.2, 0.25) is 0 Å². The van der Waals surface area contributed by atoms with E-state index in [1.54, 1.807) is 12.1 Å². The Labute approximate surface area is 182 Å². The van der Waals surface area contributed by atoms with E-state index in [4.69, 9.17) is 4.74 Å². The minimum atomic E-state index is -0.726.